The van der Waals surface area contributed by atoms with Gasteiger partial charge in [0.05, 0.1) is 6.10 Å². The summed E-state index contributed by atoms with van der Waals surface area (Å²) in [5, 5.41) is 8.78. The number of aliphatic hydroxyl groups is 1. The zero-order chi connectivity index (χ0) is 9.84. The summed E-state index contributed by atoms with van der Waals surface area (Å²) < 4.78 is 5.38. The maximum absolute atomic E-state index is 8.78. The van der Waals surface area contributed by atoms with Crippen LogP contribution in [0, 0.1) is 17.8 Å². The number of aliphatic hydroxyl groups excluding tert-OH is 1. The Morgan fingerprint density at radius 2 is 2.00 bits per heavy atom. The van der Waals surface area contributed by atoms with Crippen LogP contribution in [0.2, 0.25) is 0 Å². The zero-order valence-electron chi connectivity index (χ0n) is 9.49. The summed E-state index contributed by atoms with van der Waals surface area (Å²) >= 11 is 0. The Morgan fingerprint density at radius 1 is 1.36 bits per heavy atom. The van der Waals surface area contributed by atoms with E-state index in [-0.39, 0.29) is 26.4 Å². The molecule has 1 saturated carbocycles. The van der Waals surface area contributed by atoms with Crippen LogP contribution in [0.5, 0.6) is 0 Å². The molecular formula is C11H24O2S. The molecule has 0 aromatic carbocycles. The summed E-state index contributed by atoms with van der Waals surface area (Å²) in [4.78, 5) is 0. The molecular weight excluding hydrogens is 196 g/mol. The van der Waals surface area contributed by atoms with E-state index in [4.69, 9.17) is 9.84 Å². The highest BCUT2D eigenvalue weighted by molar-refractivity contribution is 7.59. The van der Waals surface area contributed by atoms with Crippen molar-refractivity contribution in [1.82, 2.24) is 0 Å². The number of ether oxygens (including phenoxy) is 1. The molecule has 1 aliphatic rings. The second kappa shape index (κ2) is 6.70. The number of hydrogen-bond donors (Lipinski definition) is 1. The van der Waals surface area contributed by atoms with Gasteiger partial charge in [0, 0.05) is 0 Å². The average molecular weight is 220 g/mol. The Hall–Kier alpha value is 0.270. The molecule has 14 heavy (non-hydrogen) atoms. The Bertz CT molecular complexity index is 150. The summed E-state index contributed by atoms with van der Waals surface area (Å²) in [7, 11) is 0. The molecule has 1 rings (SSSR count). The summed E-state index contributed by atoms with van der Waals surface area (Å²) in [5.41, 5.74) is 0. The van der Waals surface area contributed by atoms with Crippen molar-refractivity contribution < 1.29 is 9.84 Å². The van der Waals surface area contributed by atoms with Gasteiger partial charge in [-0.3, -0.25) is 0 Å². The predicted molar refractivity (Wildman–Crippen MR) is 63.7 cm³/mol. The fourth-order valence-corrected chi connectivity index (χ4v) is 2.40. The summed E-state index contributed by atoms with van der Waals surface area (Å²) in [6.07, 6.45) is 3.97. The first kappa shape index (κ1) is 14.3. The highest BCUT2D eigenvalue weighted by Crippen LogP contribution is 2.34. The molecule has 0 spiro atoms. The fourth-order valence-electron chi connectivity index (χ4n) is 2.40. The molecule has 3 atom stereocenters. The Kier molecular flexibility index (Phi) is 6.83. The first-order valence-electron chi connectivity index (χ1n) is 5.37. The SMILES string of the molecule is CC(C)[C@@H]1CC[C@@H](C)C[C@H]1OCO.S. The van der Waals surface area contributed by atoms with Gasteiger partial charge in [-0.25, -0.2) is 0 Å². The van der Waals surface area contributed by atoms with Crippen LogP contribution in [0.4, 0.5) is 0 Å². The van der Waals surface area contributed by atoms with E-state index in [2.05, 4.69) is 20.8 Å². The van der Waals surface area contributed by atoms with Crippen molar-refractivity contribution in [3.05, 3.63) is 0 Å². The molecule has 0 bridgehead atoms. The van der Waals surface area contributed by atoms with E-state index < -0.39 is 0 Å². The first-order valence-corrected chi connectivity index (χ1v) is 5.37. The Morgan fingerprint density at radius 3 is 2.50 bits per heavy atom. The van der Waals surface area contributed by atoms with Crippen LogP contribution in [0.15, 0.2) is 0 Å². The standard InChI is InChI=1S/C11H22O2.H2S/c1-8(2)10-5-4-9(3)6-11(10)13-7-12;/h8-12H,4-7H2,1-3H3;1H2/t9-,10+,11-;/m1./s1. The Balaban J connectivity index is 0.00000169. The monoisotopic (exact) mass is 220 g/mol. The average Bonchev–Trinajstić information content (AvgIpc) is 2.04. The molecule has 3 heteroatoms. The van der Waals surface area contributed by atoms with Crippen molar-refractivity contribution in [2.24, 2.45) is 17.8 Å². The van der Waals surface area contributed by atoms with Crippen molar-refractivity contribution in [1.29, 1.82) is 0 Å². The van der Waals surface area contributed by atoms with Crippen molar-refractivity contribution in [3.8, 4) is 0 Å². The van der Waals surface area contributed by atoms with Crippen molar-refractivity contribution >= 4 is 13.5 Å². The minimum absolute atomic E-state index is 0. The van der Waals surface area contributed by atoms with Gasteiger partial charge in [0.1, 0.15) is 6.79 Å². The second-order valence-electron chi connectivity index (χ2n) is 4.66. The maximum Gasteiger partial charge on any atom is 0.143 e. The van der Waals surface area contributed by atoms with Crippen LogP contribution in [-0.4, -0.2) is 18.0 Å². The third kappa shape index (κ3) is 3.79. The highest BCUT2D eigenvalue weighted by Gasteiger charge is 2.30. The lowest BCUT2D eigenvalue weighted by Gasteiger charge is -2.36. The lowest BCUT2D eigenvalue weighted by Crippen LogP contribution is -2.34. The lowest BCUT2D eigenvalue weighted by atomic mass is 9.75. The Labute approximate surface area is 94.5 Å². The predicted octanol–water partition coefficient (Wildman–Crippen LogP) is 2.53. The molecule has 0 unspecified atom stereocenters. The van der Waals surface area contributed by atoms with Crippen LogP contribution >= 0.6 is 13.5 Å². The van der Waals surface area contributed by atoms with Crippen LogP contribution < -0.4 is 0 Å². The van der Waals surface area contributed by atoms with Gasteiger partial charge < -0.3 is 9.84 Å². The van der Waals surface area contributed by atoms with E-state index in [1.807, 2.05) is 0 Å². The van der Waals surface area contributed by atoms with Gasteiger partial charge in [0.2, 0.25) is 0 Å². The third-order valence-electron chi connectivity index (χ3n) is 3.25. The van der Waals surface area contributed by atoms with Crippen LogP contribution in [0.1, 0.15) is 40.0 Å². The first-order chi connectivity index (χ1) is 6.15. The lowest BCUT2D eigenvalue weighted by molar-refractivity contribution is -0.101. The molecule has 0 saturated heterocycles. The minimum Gasteiger partial charge on any atom is -0.371 e. The van der Waals surface area contributed by atoms with Gasteiger partial charge >= 0.3 is 0 Å². The van der Waals surface area contributed by atoms with Crippen molar-refractivity contribution in [3.63, 3.8) is 0 Å². The zero-order valence-corrected chi connectivity index (χ0v) is 10.5. The van der Waals surface area contributed by atoms with E-state index in [0.29, 0.717) is 11.8 Å². The smallest absolute Gasteiger partial charge is 0.143 e. The second-order valence-corrected chi connectivity index (χ2v) is 4.66. The van der Waals surface area contributed by atoms with E-state index in [0.717, 1.165) is 12.3 Å². The molecule has 1 fully saturated rings. The van der Waals surface area contributed by atoms with Crippen molar-refractivity contribution in [2.45, 2.75) is 46.1 Å². The van der Waals surface area contributed by atoms with Gasteiger partial charge in [-0.05, 0) is 30.6 Å². The molecule has 0 aromatic heterocycles. The summed E-state index contributed by atoms with van der Waals surface area (Å²) in [6, 6.07) is 0. The van der Waals surface area contributed by atoms with Crippen LogP contribution in [-0.2, 0) is 4.74 Å². The van der Waals surface area contributed by atoms with E-state index >= 15 is 0 Å². The maximum atomic E-state index is 8.78. The highest BCUT2D eigenvalue weighted by atomic mass is 32.1. The summed E-state index contributed by atoms with van der Waals surface area (Å²) in [6.45, 7) is 6.63. The quantitative estimate of drug-likeness (QED) is 0.741. The number of hydrogen-bond acceptors (Lipinski definition) is 2. The molecule has 0 amide bonds. The third-order valence-corrected chi connectivity index (χ3v) is 3.25. The van der Waals surface area contributed by atoms with E-state index in [1.54, 1.807) is 0 Å². The van der Waals surface area contributed by atoms with E-state index in [1.165, 1.54) is 12.8 Å². The molecule has 1 N–H and O–H groups in total. The fraction of sp³-hybridized carbons (Fsp3) is 1.00. The largest absolute Gasteiger partial charge is 0.371 e. The normalized spacial score (nSPS) is 32.8. The number of rotatable bonds is 3. The van der Waals surface area contributed by atoms with Gasteiger partial charge in [-0.2, -0.15) is 13.5 Å². The van der Waals surface area contributed by atoms with Gasteiger partial charge in [0.15, 0.2) is 0 Å². The van der Waals surface area contributed by atoms with Crippen molar-refractivity contribution in [2.75, 3.05) is 6.79 Å². The van der Waals surface area contributed by atoms with Gasteiger partial charge in [-0.1, -0.05) is 27.2 Å². The van der Waals surface area contributed by atoms with E-state index in [9.17, 15) is 0 Å². The molecule has 86 valence electrons. The topological polar surface area (TPSA) is 29.5 Å². The minimum atomic E-state index is -0.124. The molecule has 0 aromatic rings. The molecule has 2 nitrogen and oxygen atoms in total. The van der Waals surface area contributed by atoms with Gasteiger partial charge in [-0.15, -0.1) is 0 Å². The molecule has 0 aliphatic heterocycles. The molecule has 0 radical (unpaired) electrons. The van der Waals surface area contributed by atoms with Gasteiger partial charge in [0.25, 0.3) is 0 Å². The van der Waals surface area contributed by atoms with Crippen LogP contribution in [0.3, 0.4) is 0 Å². The van der Waals surface area contributed by atoms with Crippen LogP contribution in [0.25, 0.3) is 0 Å². The summed E-state index contributed by atoms with van der Waals surface area (Å²) in [5.74, 6) is 2.07. The molecule has 1 aliphatic carbocycles. The molecule has 0 heterocycles.